The standard InChI is InChI=1S/C17H28N2/c1-4-17-6-5-11-19(17)13-16-9-7-15(8-10-16)12-18-14(2)3/h7-10,14,17-18H,4-6,11-13H2,1-3H3. The predicted octanol–water partition coefficient (Wildman–Crippen LogP) is 3.56. The molecular formula is C17H28N2. The van der Waals surface area contributed by atoms with Crippen LogP contribution in [0.5, 0.6) is 0 Å². The molecule has 1 aromatic carbocycles. The molecule has 2 nitrogen and oxygen atoms in total. The third-order valence-corrected chi connectivity index (χ3v) is 4.09. The minimum Gasteiger partial charge on any atom is -0.310 e. The molecule has 106 valence electrons. The first-order valence-electron chi connectivity index (χ1n) is 7.74. The van der Waals surface area contributed by atoms with E-state index in [2.05, 4.69) is 55.3 Å². The molecule has 1 fully saturated rings. The van der Waals surface area contributed by atoms with Gasteiger partial charge in [-0.1, -0.05) is 45.0 Å². The van der Waals surface area contributed by atoms with E-state index in [0.29, 0.717) is 6.04 Å². The van der Waals surface area contributed by atoms with Crippen molar-refractivity contribution < 1.29 is 0 Å². The van der Waals surface area contributed by atoms with Crippen molar-refractivity contribution in [3.8, 4) is 0 Å². The van der Waals surface area contributed by atoms with Gasteiger partial charge in [-0.2, -0.15) is 0 Å². The van der Waals surface area contributed by atoms with Crippen LogP contribution in [0.25, 0.3) is 0 Å². The Balaban J connectivity index is 1.87. The maximum absolute atomic E-state index is 3.46. The summed E-state index contributed by atoms with van der Waals surface area (Å²) in [6, 6.07) is 10.5. The summed E-state index contributed by atoms with van der Waals surface area (Å²) < 4.78 is 0. The average Bonchev–Trinajstić information content (AvgIpc) is 2.85. The highest BCUT2D eigenvalue weighted by Gasteiger charge is 2.22. The van der Waals surface area contributed by atoms with Gasteiger partial charge in [-0.25, -0.2) is 0 Å². The molecular weight excluding hydrogens is 232 g/mol. The molecule has 0 bridgehead atoms. The van der Waals surface area contributed by atoms with E-state index in [1.54, 1.807) is 0 Å². The molecule has 1 unspecified atom stereocenters. The van der Waals surface area contributed by atoms with Gasteiger partial charge in [0.05, 0.1) is 0 Å². The molecule has 0 saturated carbocycles. The van der Waals surface area contributed by atoms with E-state index < -0.39 is 0 Å². The van der Waals surface area contributed by atoms with Crippen LogP contribution in [0.2, 0.25) is 0 Å². The van der Waals surface area contributed by atoms with Gasteiger partial charge < -0.3 is 5.32 Å². The second kappa shape index (κ2) is 7.06. The Morgan fingerprint density at radius 2 is 1.89 bits per heavy atom. The van der Waals surface area contributed by atoms with E-state index in [9.17, 15) is 0 Å². The lowest BCUT2D eigenvalue weighted by Crippen LogP contribution is -2.28. The van der Waals surface area contributed by atoms with Gasteiger partial charge in [0.1, 0.15) is 0 Å². The van der Waals surface area contributed by atoms with Crippen LogP contribution in [0.1, 0.15) is 51.2 Å². The van der Waals surface area contributed by atoms with Crippen LogP contribution >= 0.6 is 0 Å². The van der Waals surface area contributed by atoms with E-state index in [1.807, 2.05) is 0 Å². The largest absolute Gasteiger partial charge is 0.310 e. The third kappa shape index (κ3) is 4.32. The van der Waals surface area contributed by atoms with Gasteiger partial charge in [-0.05, 0) is 36.9 Å². The monoisotopic (exact) mass is 260 g/mol. The molecule has 1 heterocycles. The Bertz CT molecular complexity index is 369. The molecule has 2 heteroatoms. The maximum Gasteiger partial charge on any atom is 0.0236 e. The Labute approximate surface area is 118 Å². The van der Waals surface area contributed by atoms with E-state index in [0.717, 1.165) is 19.1 Å². The molecule has 0 aliphatic carbocycles. The van der Waals surface area contributed by atoms with Crippen molar-refractivity contribution in [1.29, 1.82) is 0 Å². The molecule has 0 radical (unpaired) electrons. The highest BCUT2D eigenvalue weighted by atomic mass is 15.2. The molecule has 1 aliphatic rings. The highest BCUT2D eigenvalue weighted by molar-refractivity contribution is 5.22. The summed E-state index contributed by atoms with van der Waals surface area (Å²) in [6.45, 7) is 10.0. The summed E-state index contributed by atoms with van der Waals surface area (Å²) in [4.78, 5) is 2.64. The fraction of sp³-hybridized carbons (Fsp3) is 0.647. The number of benzene rings is 1. The number of likely N-dealkylation sites (tertiary alicyclic amines) is 1. The summed E-state index contributed by atoms with van der Waals surface area (Å²) in [7, 11) is 0. The predicted molar refractivity (Wildman–Crippen MR) is 82.1 cm³/mol. The first-order chi connectivity index (χ1) is 9.19. The Morgan fingerprint density at radius 1 is 1.21 bits per heavy atom. The average molecular weight is 260 g/mol. The highest BCUT2D eigenvalue weighted by Crippen LogP contribution is 2.22. The molecule has 0 aromatic heterocycles. The third-order valence-electron chi connectivity index (χ3n) is 4.09. The van der Waals surface area contributed by atoms with Crippen LogP contribution < -0.4 is 5.32 Å². The first-order valence-corrected chi connectivity index (χ1v) is 7.74. The molecule has 0 amide bonds. The van der Waals surface area contributed by atoms with Crippen molar-refractivity contribution >= 4 is 0 Å². The minimum atomic E-state index is 0.551. The van der Waals surface area contributed by atoms with Crippen LogP contribution in [-0.2, 0) is 13.1 Å². The second-order valence-corrected chi connectivity index (χ2v) is 6.03. The van der Waals surface area contributed by atoms with Crippen LogP contribution in [0.3, 0.4) is 0 Å². The molecule has 1 aromatic rings. The van der Waals surface area contributed by atoms with Crippen LogP contribution in [-0.4, -0.2) is 23.5 Å². The fourth-order valence-corrected chi connectivity index (χ4v) is 2.88. The zero-order valence-electron chi connectivity index (χ0n) is 12.7. The van der Waals surface area contributed by atoms with Gasteiger partial charge in [0.15, 0.2) is 0 Å². The van der Waals surface area contributed by atoms with Crippen molar-refractivity contribution in [1.82, 2.24) is 10.2 Å². The molecule has 0 spiro atoms. The number of nitrogens with zero attached hydrogens (tertiary/aromatic N) is 1. The summed E-state index contributed by atoms with van der Waals surface area (Å²) in [5.74, 6) is 0. The SMILES string of the molecule is CCC1CCCN1Cc1ccc(CNC(C)C)cc1. The molecule has 1 atom stereocenters. The lowest BCUT2D eigenvalue weighted by atomic mass is 10.1. The second-order valence-electron chi connectivity index (χ2n) is 6.03. The summed E-state index contributed by atoms with van der Waals surface area (Å²) in [5, 5.41) is 3.46. The van der Waals surface area contributed by atoms with Crippen molar-refractivity contribution in [2.75, 3.05) is 6.54 Å². The zero-order chi connectivity index (χ0) is 13.7. The van der Waals surface area contributed by atoms with Gasteiger partial charge >= 0.3 is 0 Å². The van der Waals surface area contributed by atoms with Crippen molar-refractivity contribution in [3.05, 3.63) is 35.4 Å². The van der Waals surface area contributed by atoms with Crippen molar-refractivity contribution in [2.24, 2.45) is 0 Å². The maximum atomic E-state index is 3.46. The topological polar surface area (TPSA) is 15.3 Å². The van der Waals surface area contributed by atoms with Crippen molar-refractivity contribution in [2.45, 2.75) is 65.2 Å². The summed E-state index contributed by atoms with van der Waals surface area (Å²) in [6.07, 6.45) is 4.04. The van der Waals surface area contributed by atoms with Crippen molar-refractivity contribution in [3.63, 3.8) is 0 Å². The van der Waals surface area contributed by atoms with Crippen LogP contribution in [0, 0.1) is 0 Å². The quantitative estimate of drug-likeness (QED) is 0.841. The van der Waals surface area contributed by atoms with E-state index >= 15 is 0 Å². The smallest absolute Gasteiger partial charge is 0.0236 e. The normalized spacial score (nSPS) is 20.3. The van der Waals surface area contributed by atoms with Gasteiger partial charge in [0, 0.05) is 25.2 Å². The number of rotatable bonds is 6. The fourth-order valence-electron chi connectivity index (χ4n) is 2.88. The first kappa shape index (κ1) is 14.5. The molecule has 19 heavy (non-hydrogen) atoms. The Kier molecular flexibility index (Phi) is 5.41. The number of nitrogens with one attached hydrogen (secondary N) is 1. The number of hydrogen-bond acceptors (Lipinski definition) is 2. The van der Waals surface area contributed by atoms with Gasteiger partial charge in [0.25, 0.3) is 0 Å². The van der Waals surface area contributed by atoms with E-state index in [4.69, 9.17) is 0 Å². The summed E-state index contributed by atoms with van der Waals surface area (Å²) in [5.41, 5.74) is 2.83. The lowest BCUT2D eigenvalue weighted by molar-refractivity contribution is 0.240. The lowest BCUT2D eigenvalue weighted by Gasteiger charge is -2.23. The molecule has 1 saturated heterocycles. The zero-order valence-corrected chi connectivity index (χ0v) is 12.7. The van der Waals surface area contributed by atoms with E-state index in [1.165, 1.54) is 36.9 Å². The van der Waals surface area contributed by atoms with Crippen LogP contribution in [0.4, 0.5) is 0 Å². The molecule has 2 rings (SSSR count). The van der Waals surface area contributed by atoms with Gasteiger partial charge in [0.2, 0.25) is 0 Å². The molecule has 1 aliphatic heterocycles. The van der Waals surface area contributed by atoms with Crippen LogP contribution in [0.15, 0.2) is 24.3 Å². The van der Waals surface area contributed by atoms with E-state index in [-0.39, 0.29) is 0 Å². The Morgan fingerprint density at radius 3 is 2.53 bits per heavy atom. The van der Waals surface area contributed by atoms with Gasteiger partial charge in [-0.3, -0.25) is 4.90 Å². The van der Waals surface area contributed by atoms with Gasteiger partial charge in [-0.15, -0.1) is 0 Å². The number of hydrogen-bond donors (Lipinski definition) is 1. The minimum absolute atomic E-state index is 0.551. The summed E-state index contributed by atoms with van der Waals surface area (Å²) >= 11 is 0. The Hall–Kier alpha value is -0.860. The molecule has 1 N–H and O–H groups in total.